The number of carboxylic acid groups (broad SMARTS) is 1. The minimum Gasteiger partial charge on any atom is -0.481 e. The van der Waals surface area contributed by atoms with Crippen molar-refractivity contribution in [2.45, 2.75) is 19.8 Å². The summed E-state index contributed by atoms with van der Waals surface area (Å²) >= 11 is 6.07. The summed E-state index contributed by atoms with van der Waals surface area (Å²) in [7, 11) is 0. The number of aromatic amines is 1. The Balaban J connectivity index is 2.23. The van der Waals surface area contributed by atoms with Crippen LogP contribution in [0.3, 0.4) is 0 Å². The second kappa shape index (κ2) is 5.23. The molecule has 0 fully saturated rings. The average Bonchev–Trinajstić information content (AvgIpc) is 2.69. The van der Waals surface area contributed by atoms with Gasteiger partial charge >= 0.3 is 5.97 Å². The van der Waals surface area contributed by atoms with Gasteiger partial charge in [0.2, 0.25) is 0 Å². The lowest BCUT2D eigenvalue weighted by atomic mass is 10.1. The first kappa shape index (κ1) is 12.6. The highest BCUT2D eigenvalue weighted by molar-refractivity contribution is 6.31. The van der Waals surface area contributed by atoms with Gasteiger partial charge in [-0.1, -0.05) is 41.4 Å². The maximum atomic E-state index is 10.5. The van der Waals surface area contributed by atoms with Gasteiger partial charge in [-0.2, -0.15) is 0 Å². The smallest absolute Gasteiger partial charge is 0.303 e. The summed E-state index contributed by atoms with van der Waals surface area (Å²) in [5.41, 5.74) is 2.75. The highest BCUT2D eigenvalue weighted by Crippen LogP contribution is 2.26. The first-order valence-corrected chi connectivity index (χ1v) is 5.97. The van der Waals surface area contributed by atoms with E-state index in [1.165, 1.54) is 0 Å². The van der Waals surface area contributed by atoms with Crippen LogP contribution in [-0.4, -0.2) is 21.0 Å². The van der Waals surface area contributed by atoms with Crippen molar-refractivity contribution < 1.29 is 9.90 Å². The molecule has 0 amide bonds. The zero-order valence-corrected chi connectivity index (χ0v) is 10.7. The molecule has 2 N–H and O–H groups in total. The maximum absolute atomic E-state index is 10.5. The Kier molecular flexibility index (Phi) is 3.67. The van der Waals surface area contributed by atoms with Gasteiger partial charge in [-0.05, 0) is 6.92 Å². The molecular formula is C13H13ClN2O2. The van der Waals surface area contributed by atoms with Crippen LogP contribution in [0.1, 0.15) is 17.8 Å². The van der Waals surface area contributed by atoms with E-state index in [0.717, 1.165) is 11.1 Å². The molecular weight excluding hydrogens is 252 g/mol. The van der Waals surface area contributed by atoms with Gasteiger partial charge in [0.05, 0.1) is 6.42 Å². The number of imidazole rings is 1. The summed E-state index contributed by atoms with van der Waals surface area (Å²) in [6, 6.07) is 7.85. The number of aliphatic carboxylic acids is 1. The predicted molar refractivity (Wildman–Crippen MR) is 69.7 cm³/mol. The second-order valence-corrected chi connectivity index (χ2v) is 4.48. The molecule has 0 radical (unpaired) electrons. The van der Waals surface area contributed by atoms with E-state index in [-0.39, 0.29) is 6.42 Å². The Morgan fingerprint density at radius 2 is 2.06 bits per heavy atom. The number of carboxylic acids is 1. The number of nitrogens with zero attached hydrogens (tertiary/aromatic N) is 1. The highest BCUT2D eigenvalue weighted by atomic mass is 35.5. The second-order valence-electron chi connectivity index (χ2n) is 4.11. The fourth-order valence-corrected chi connectivity index (χ4v) is 1.90. The molecule has 2 rings (SSSR count). The Morgan fingerprint density at radius 1 is 1.39 bits per heavy atom. The molecule has 4 nitrogen and oxygen atoms in total. The van der Waals surface area contributed by atoms with Crippen molar-refractivity contribution in [3.8, 4) is 11.3 Å². The largest absolute Gasteiger partial charge is 0.481 e. The van der Waals surface area contributed by atoms with Crippen LogP contribution in [0.2, 0.25) is 5.15 Å². The fraction of sp³-hybridized carbons (Fsp3) is 0.231. The molecule has 0 saturated carbocycles. The molecule has 0 aliphatic carbocycles. The minimum atomic E-state index is -0.848. The Morgan fingerprint density at radius 3 is 2.67 bits per heavy atom. The van der Waals surface area contributed by atoms with E-state index < -0.39 is 5.97 Å². The van der Waals surface area contributed by atoms with Gasteiger partial charge < -0.3 is 10.1 Å². The number of H-pyrrole nitrogens is 1. The van der Waals surface area contributed by atoms with Crippen molar-refractivity contribution in [2.75, 3.05) is 0 Å². The van der Waals surface area contributed by atoms with E-state index in [1.54, 1.807) is 0 Å². The standard InChI is InChI=1S/C13H13ClN2O2/c1-8-2-4-9(5-3-8)12-13(14)16-10(15-12)6-7-11(17)18/h2-5H,6-7H2,1H3,(H,15,16)(H,17,18). The Hall–Kier alpha value is -1.81. The number of halogens is 1. The summed E-state index contributed by atoms with van der Waals surface area (Å²) in [4.78, 5) is 17.7. The molecule has 5 heteroatoms. The molecule has 0 unspecified atom stereocenters. The molecule has 0 aliphatic rings. The summed E-state index contributed by atoms with van der Waals surface area (Å²) in [5.74, 6) is -0.252. The molecule has 0 saturated heterocycles. The number of hydrogen-bond acceptors (Lipinski definition) is 2. The summed E-state index contributed by atoms with van der Waals surface area (Å²) in [6.07, 6.45) is 0.387. The van der Waals surface area contributed by atoms with Crippen molar-refractivity contribution >= 4 is 17.6 Å². The number of carbonyl (C=O) groups is 1. The number of aromatic nitrogens is 2. The van der Waals surface area contributed by atoms with E-state index in [1.807, 2.05) is 31.2 Å². The zero-order valence-electron chi connectivity index (χ0n) is 9.90. The summed E-state index contributed by atoms with van der Waals surface area (Å²) < 4.78 is 0. The number of rotatable bonds is 4. The summed E-state index contributed by atoms with van der Waals surface area (Å²) in [5, 5.41) is 9.07. The topological polar surface area (TPSA) is 66.0 Å². The number of nitrogens with one attached hydrogen (secondary N) is 1. The van der Waals surface area contributed by atoms with Crippen LogP contribution in [0.5, 0.6) is 0 Å². The molecule has 1 aromatic carbocycles. The third kappa shape index (κ3) is 2.90. The van der Waals surface area contributed by atoms with Crippen molar-refractivity contribution in [2.24, 2.45) is 0 Å². The van der Waals surface area contributed by atoms with Crippen LogP contribution >= 0.6 is 11.6 Å². The van der Waals surface area contributed by atoms with Crippen LogP contribution < -0.4 is 0 Å². The highest BCUT2D eigenvalue weighted by Gasteiger charge is 2.11. The van der Waals surface area contributed by atoms with Gasteiger partial charge in [0.15, 0.2) is 0 Å². The van der Waals surface area contributed by atoms with Gasteiger partial charge in [-0.15, -0.1) is 0 Å². The molecule has 0 atom stereocenters. The van der Waals surface area contributed by atoms with E-state index in [0.29, 0.717) is 23.1 Å². The van der Waals surface area contributed by atoms with Crippen LogP contribution in [0.25, 0.3) is 11.3 Å². The first-order valence-electron chi connectivity index (χ1n) is 5.59. The maximum Gasteiger partial charge on any atom is 0.303 e. The lowest BCUT2D eigenvalue weighted by Gasteiger charge is -1.98. The first-order chi connectivity index (χ1) is 8.56. The van der Waals surface area contributed by atoms with Gasteiger partial charge in [0.1, 0.15) is 16.7 Å². The van der Waals surface area contributed by atoms with Crippen LogP contribution in [0, 0.1) is 6.92 Å². The molecule has 0 aliphatic heterocycles. The minimum absolute atomic E-state index is 0.0389. The fourth-order valence-electron chi connectivity index (χ4n) is 1.64. The van der Waals surface area contributed by atoms with Gasteiger partial charge in [-0.25, -0.2) is 4.98 Å². The monoisotopic (exact) mass is 264 g/mol. The normalized spacial score (nSPS) is 10.6. The number of aryl methyl sites for hydroxylation is 2. The molecule has 1 aromatic heterocycles. The van der Waals surface area contributed by atoms with E-state index in [9.17, 15) is 4.79 Å². The van der Waals surface area contributed by atoms with Gasteiger partial charge in [0.25, 0.3) is 0 Å². The van der Waals surface area contributed by atoms with E-state index in [4.69, 9.17) is 16.7 Å². The van der Waals surface area contributed by atoms with Crippen LogP contribution in [0.4, 0.5) is 0 Å². The number of benzene rings is 1. The molecule has 1 heterocycles. The van der Waals surface area contributed by atoms with Gasteiger partial charge in [-0.3, -0.25) is 4.79 Å². The lowest BCUT2D eigenvalue weighted by molar-refractivity contribution is -0.137. The molecule has 94 valence electrons. The van der Waals surface area contributed by atoms with E-state index >= 15 is 0 Å². The van der Waals surface area contributed by atoms with Crippen molar-refractivity contribution in [1.29, 1.82) is 0 Å². The lowest BCUT2D eigenvalue weighted by Crippen LogP contribution is -1.98. The Labute approximate surface area is 110 Å². The zero-order chi connectivity index (χ0) is 13.1. The third-order valence-corrected chi connectivity index (χ3v) is 2.88. The quantitative estimate of drug-likeness (QED) is 0.892. The Bertz CT molecular complexity index is 561. The average molecular weight is 265 g/mol. The van der Waals surface area contributed by atoms with Crippen molar-refractivity contribution in [3.05, 3.63) is 40.8 Å². The predicted octanol–water partition coefficient (Wildman–Crippen LogP) is 3.06. The SMILES string of the molecule is Cc1ccc(-c2nc(CCC(=O)O)[nH]c2Cl)cc1. The third-order valence-electron chi connectivity index (χ3n) is 2.61. The summed E-state index contributed by atoms with van der Waals surface area (Å²) in [6.45, 7) is 2.01. The van der Waals surface area contributed by atoms with Crippen LogP contribution in [0.15, 0.2) is 24.3 Å². The van der Waals surface area contributed by atoms with Crippen LogP contribution in [-0.2, 0) is 11.2 Å². The molecule has 0 spiro atoms. The number of hydrogen-bond donors (Lipinski definition) is 2. The molecule has 2 aromatic rings. The molecule has 18 heavy (non-hydrogen) atoms. The molecule has 0 bridgehead atoms. The van der Waals surface area contributed by atoms with E-state index in [2.05, 4.69) is 9.97 Å². The van der Waals surface area contributed by atoms with Crippen molar-refractivity contribution in [1.82, 2.24) is 9.97 Å². The van der Waals surface area contributed by atoms with Crippen molar-refractivity contribution in [3.63, 3.8) is 0 Å². The van der Waals surface area contributed by atoms with Gasteiger partial charge in [0, 0.05) is 12.0 Å².